The van der Waals surface area contributed by atoms with Crippen LogP contribution < -0.4 is 10.1 Å². The van der Waals surface area contributed by atoms with Crippen LogP contribution in [-0.2, 0) is 9.53 Å². The molecule has 6 heteroatoms. The van der Waals surface area contributed by atoms with Gasteiger partial charge in [-0.05, 0) is 39.0 Å². The van der Waals surface area contributed by atoms with Crippen LogP contribution in [0.15, 0.2) is 18.2 Å². The van der Waals surface area contributed by atoms with Crippen molar-refractivity contribution in [3.63, 3.8) is 0 Å². The van der Waals surface area contributed by atoms with Gasteiger partial charge in [0.1, 0.15) is 11.3 Å². The summed E-state index contributed by atoms with van der Waals surface area (Å²) >= 11 is 3.27. The summed E-state index contributed by atoms with van der Waals surface area (Å²) in [5, 5.41) is 2.72. The lowest BCUT2D eigenvalue weighted by Crippen LogP contribution is -2.31. The number of anilines is 1. The number of alkyl halides is 1. The van der Waals surface area contributed by atoms with Crippen molar-refractivity contribution in [1.29, 1.82) is 0 Å². The van der Waals surface area contributed by atoms with E-state index >= 15 is 0 Å². The van der Waals surface area contributed by atoms with E-state index in [1.807, 2.05) is 0 Å². The Hall–Kier alpha value is -1.56. The third-order valence-electron chi connectivity index (χ3n) is 2.49. The van der Waals surface area contributed by atoms with Crippen molar-refractivity contribution in [2.75, 3.05) is 19.0 Å². The normalized spacial score (nSPS) is 10.8. The van der Waals surface area contributed by atoms with Gasteiger partial charge in [0.2, 0.25) is 5.91 Å². The predicted octanol–water partition coefficient (Wildman–Crippen LogP) is 2.98. The van der Waals surface area contributed by atoms with E-state index in [0.29, 0.717) is 11.4 Å². The number of carbonyl (C=O) groups excluding carboxylic acids is 2. The van der Waals surface area contributed by atoms with Gasteiger partial charge in [-0.15, -0.1) is 0 Å². The number of methoxy groups -OCH3 is 1. The summed E-state index contributed by atoms with van der Waals surface area (Å²) in [7, 11) is 1.47. The summed E-state index contributed by atoms with van der Waals surface area (Å²) in [6, 6.07) is 4.81. The predicted molar refractivity (Wildman–Crippen MR) is 80.6 cm³/mol. The molecule has 0 heterocycles. The molecule has 0 unspecified atom stereocenters. The summed E-state index contributed by atoms with van der Waals surface area (Å²) < 4.78 is 9.38. The average Bonchev–Trinajstić information content (AvgIpc) is 2.37. The third-order valence-corrected chi connectivity index (χ3v) is 2.85. The minimum absolute atomic E-state index is 0.211. The van der Waals surface area contributed by atoms with E-state index in [0.717, 1.165) is 0 Å². The molecule has 1 rings (SSSR count). The maximum Gasteiger partial charge on any atom is 0.341 e. The molecule has 5 nitrogen and oxygen atoms in total. The minimum atomic E-state index is -0.697. The van der Waals surface area contributed by atoms with Gasteiger partial charge in [-0.25, -0.2) is 4.79 Å². The Morgan fingerprint density at radius 3 is 2.50 bits per heavy atom. The van der Waals surface area contributed by atoms with Crippen LogP contribution in [0.3, 0.4) is 0 Å². The zero-order valence-corrected chi connectivity index (χ0v) is 13.5. The van der Waals surface area contributed by atoms with Crippen LogP contribution in [-0.4, -0.2) is 29.9 Å². The SMILES string of the molecule is CCOC(=O)c1cc(NC(=O)C(C)(C)Br)ccc1OC. The first-order chi connectivity index (χ1) is 9.29. The number of hydrogen-bond donors (Lipinski definition) is 1. The summed E-state index contributed by atoms with van der Waals surface area (Å²) in [6.45, 7) is 5.46. The smallest absolute Gasteiger partial charge is 0.341 e. The largest absolute Gasteiger partial charge is 0.496 e. The van der Waals surface area contributed by atoms with Gasteiger partial charge in [0.25, 0.3) is 0 Å². The van der Waals surface area contributed by atoms with E-state index in [1.165, 1.54) is 13.2 Å². The molecule has 1 aromatic rings. The molecule has 0 saturated carbocycles. The lowest BCUT2D eigenvalue weighted by molar-refractivity contribution is -0.117. The molecule has 0 aromatic heterocycles. The van der Waals surface area contributed by atoms with Crippen molar-refractivity contribution < 1.29 is 19.1 Å². The highest BCUT2D eigenvalue weighted by molar-refractivity contribution is 9.10. The van der Waals surface area contributed by atoms with Gasteiger partial charge in [0.15, 0.2) is 0 Å². The van der Waals surface area contributed by atoms with Gasteiger partial charge in [0, 0.05) is 5.69 Å². The number of rotatable bonds is 5. The minimum Gasteiger partial charge on any atom is -0.496 e. The highest BCUT2D eigenvalue weighted by Gasteiger charge is 2.24. The number of halogens is 1. The fourth-order valence-electron chi connectivity index (χ4n) is 1.43. The number of nitrogens with one attached hydrogen (secondary N) is 1. The maximum absolute atomic E-state index is 11.9. The zero-order valence-electron chi connectivity index (χ0n) is 12.0. The molecule has 1 amide bonds. The van der Waals surface area contributed by atoms with Crippen molar-refractivity contribution >= 4 is 33.5 Å². The first-order valence-corrected chi connectivity index (χ1v) is 6.94. The third kappa shape index (κ3) is 4.23. The molecule has 0 radical (unpaired) electrons. The van der Waals surface area contributed by atoms with Gasteiger partial charge in [-0.2, -0.15) is 0 Å². The molecule has 0 bridgehead atoms. The van der Waals surface area contributed by atoms with E-state index in [4.69, 9.17) is 9.47 Å². The molecule has 0 spiro atoms. The van der Waals surface area contributed by atoms with Crippen molar-refractivity contribution in [3.8, 4) is 5.75 Å². The second-order valence-electron chi connectivity index (χ2n) is 4.56. The summed E-state index contributed by atoms with van der Waals surface area (Å²) in [4.78, 5) is 23.7. The highest BCUT2D eigenvalue weighted by atomic mass is 79.9. The Labute approximate surface area is 126 Å². The molecule has 1 N–H and O–H groups in total. The standard InChI is InChI=1S/C14H18BrNO4/c1-5-20-12(17)10-8-9(6-7-11(10)19-4)16-13(18)14(2,3)15/h6-8H,5H2,1-4H3,(H,16,18). The Balaban J connectivity index is 3.04. The lowest BCUT2D eigenvalue weighted by atomic mass is 10.1. The second kappa shape index (κ2) is 6.74. The van der Waals surface area contributed by atoms with Crippen LogP contribution in [0.25, 0.3) is 0 Å². The maximum atomic E-state index is 11.9. The summed E-state index contributed by atoms with van der Waals surface area (Å²) in [5.41, 5.74) is 0.783. The molecule has 0 atom stereocenters. The number of amides is 1. The van der Waals surface area contributed by atoms with Crippen molar-refractivity contribution in [2.24, 2.45) is 0 Å². The van der Waals surface area contributed by atoms with Crippen LogP contribution in [0.5, 0.6) is 5.75 Å². The zero-order chi connectivity index (χ0) is 15.3. The van der Waals surface area contributed by atoms with E-state index in [-0.39, 0.29) is 18.1 Å². The molecular weight excluding hydrogens is 326 g/mol. The van der Waals surface area contributed by atoms with Crippen LogP contribution in [0.4, 0.5) is 5.69 Å². The molecular formula is C14H18BrNO4. The Morgan fingerprint density at radius 2 is 2.00 bits per heavy atom. The Morgan fingerprint density at radius 1 is 1.35 bits per heavy atom. The molecule has 1 aromatic carbocycles. The van der Waals surface area contributed by atoms with E-state index in [9.17, 15) is 9.59 Å². The quantitative estimate of drug-likeness (QED) is 0.659. The highest BCUT2D eigenvalue weighted by Crippen LogP contribution is 2.25. The number of hydrogen-bond acceptors (Lipinski definition) is 4. The topological polar surface area (TPSA) is 64.6 Å². The number of ether oxygens (including phenoxy) is 2. The van der Waals surface area contributed by atoms with Crippen LogP contribution in [0.2, 0.25) is 0 Å². The van der Waals surface area contributed by atoms with Gasteiger partial charge < -0.3 is 14.8 Å². The van der Waals surface area contributed by atoms with Gasteiger partial charge >= 0.3 is 5.97 Å². The molecule has 0 fully saturated rings. The first-order valence-electron chi connectivity index (χ1n) is 6.15. The van der Waals surface area contributed by atoms with Gasteiger partial charge in [-0.3, -0.25) is 4.79 Å². The van der Waals surface area contributed by atoms with Crippen molar-refractivity contribution in [2.45, 2.75) is 25.1 Å². The van der Waals surface area contributed by atoms with E-state index < -0.39 is 10.3 Å². The number of carbonyl (C=O) groups is 2. The number of esters is 1. The van der Waals surface area contributed by atoms with E-state index in [2.05, 4.69) is 21.2 Å². The van der Waals surface area contributed by atoms with Crippen molar-refractivity contribution in [1.82, 2.24) is 0 Å². The average molecular weight is 344 g/mol. The Kier molecular flexibility index (Phi) is 5.56. The fraction of sp³-hybridized carbons (Fsp3) is 0.429. The molecule has 20 heavy (non-hydrogen) atoms. The van der Waals surface area contributed by atoms with Gasteiger partial charge in [0.05, 0.1) is 18.0 Å². The van der Waals surface area contributed by atoms with E-state index in [1.54, 1.807) is 32.9 Å². The van der Waals surface area contributed by atoms with Crippen LogP contribution in [0, 0.1) is 0 Å². The first kappa shape index (κ1) is 16.5. The monoisotopic (exact) mass is 343 g/mol. The lowest BCUT2D eigenvalue weighted by Gasteiger charge is -2.17. The molecule has 0 aliphatic rings. The molecule has 0 aliphatic heterocycles. The van der Waals surface area contributed by atoms with Crippen LogP contribution >= 0.6 is 15.9 Å². The molecule has 110 valence electrons. The molecule has 0 aliphatic carbocycles. The number of benzene rings is 1. The van der Waals surface area contributed by atoms with Crippen molar-refractivity contribution in [3.05, 3.63) is 23.8 Å². The summed E-state index contributed by atoms with van der Waals surface area (Å²) in [6.07, 6.45) is 0. The summed E-state index contributed by atoms with van der Waals surface area (Å²) in [5.74, 6) is -0.296. The fourth-order valence-corrected chi connectivity index (χ4v) is 1.53. The Bertz CT molecular complexity index is 508. The molecule has 0 saturated heterocycles. The van der Waals surface area contributed by atoms with Gasteiger partial charge in [-0.1, -0.05) is 15.9 Å². The van der Waals surface area contributed by atoms with Crippen LogP contribution in [0.1, 0.15) is 31.1 Å². The second-order valence-corrected chi connectivity index (χ2v) is 6.54.